The van der Waals surface area contributed by atoms with E-state index >= 15 is 0 Å². The van der Waals surface area contributed by atoms with Crippen molar-refractivity contribution in [2.45, 2.75) is 38.9 Å². The van der Waals surface area contributed by atoms with E-state index in [1.807, 2.05) is 6.07 Å². The number of rotatable bonds is 3. The topological polar surface area (TPSA) is 61.9 Å². The first-order chi connectivity index (χ1) is 8.54. The van der Waals surface area contributed by atoms with Crippen LogP contribution in [0.1, 0.15) is 20.8 Å². The number of halogens is 1. The molecule has 0 bridgehead atoms. The standard InChI is InChI=1S/C13H22BrN3OSi/c1-13(2,3)19(4,5)18-9-12(16)17-7-6-10(14)8-11(17)15/h6-8,15-16H,9H2,1-5H3. The van der Waals surface area contributed by atoms with Crippen molar-refractivity contribution in [3.05, 3.63) is 28.3 Å². The second kappa shape index (κ2) is 5.72. The third-order valence-electron chi connectivity index (χ3n) is 3.58. The molecule has 1 rings (SSSR count). The van der Waals surface area contributed by atoms with Crippen molar-refractivity contribution in [1.29, 1.82) is 10.8 Å². The van der Waals surface area contributed by atoms with Crippen molar-refractivity contribution in [1.82, 2.24) is 4.57 Å². The van der Waals surface area contributed by atoms with Crippen molar-refractivity contribution in [2.75, 3.05) is 6.61 Å². The Bertz CT molecular complexity index is 531. The molecule has 0 aliphatic carbocycles. The highest BCUT2D eigenvalue weighted by Gasteiger charge is 2.37. The maximum Gasteiger partial charge on any atom is 0.192 e. The third kappa shape index (κ3) is 4.12. The van der Waals surface area contributed by atoms with Crippen molar-refractivity contribution in [3.63, 3.8) is 0 Å². The summed E-state index contributed by atoms with van der Waals surface area (Å²) in [7, 11) is -1.85. The molecular formula is C13H22BrN3OSi. The van der Waals surface area contributed by atoms with Crippen molar-refractivity contribution >= 4 is 30.1 Å². The quantitative estimate of drug-likeness (QED) is 0.491. The molecule has 1 aromatic rings. The highest BCUT2D eigenvalue weighted by molar-refractivity contribution is 9.10. The second-order valence-electron chi connectivity index (χ2n) is 6.10. The minimum absolute atomic E-state index is 0.126. The lowest BCUT2D eigenvalue weighted by Gasteiger charge is -2.36. The largest absolute Gasteiger partial charge is 0.409 e. The van der Waals surface area contributed by atoms with Crippen LogP contribution in [0.4, 0.5) is 0 Å². The van der Waals surface area contributed by atoms with Crippen LogP contribution in [0.25, 0.3) is 0 Å². The maximum atomic E-state index is 8.05. The fraction of sp³-hybridized carbons (Fsp3) is 0.538. The van der Waals surface area contributed by atoms with Gasteiger partial charge in [-0.05, 0) is 30.3 Å². The van der Waals surface area contributed by atoms with Crippen molar-refractivity contribution in [2.24, 2.45) is 0 Å². The number of hydrogen-bond acceptors (Lipinski definition) is 3. The first kappa shape index (κ1) is 16.3. The summed E-state index contributed by atoms with van der Waals surface area (Å²) in [6.07, 6.45) is 1.71. The van der Waals surface area contributed by atoms with Crippen molar-refractivity contribution < 1.29 is 4.43 Å². The summed E-state index contributed by atoms with van der Waals surface area (Å²) in [5, 5.41) is 16.0. The predicted octanol–water partition coefficient (Wildman–Crippen LogP) is 3.58. The molecule has 0 spiro atoms. The van der Waals surface area contributed by atoms with Crippen LogP contribution < -0.4 is 5.49 Å². The number of nitrogens with zero attached hydrogens (tertiary/aromatic N) is 1. The lowest BCUT2D eigenvalue weighted by molar-refractivity contribution is 0.336. The molecule has 0 saturated heterocycles. The van der Waals surface area contributed by atoms with E-state index in [9.17, 15) is 0 Å². The SMILES string of the molecule is CC(C)(C)[Si](C)(C)OCC(=N)n1ccc(Br)cc1=N. The number of nitrogens with one attached hydrogen (secondary N) is 2. The van der Waals surface area contributed by atoms with Gasteiger partial charge in [-0.15, -0.1) is 0 Å². The van der Waals surface area contributed by atoms with Crippen LogP contribution in [0.3, 0.4) is 0 Å². The van der Waals surface area contributed by atoms with E-state index in [-0.39, 0.29) is 17.1 Å². The molecule has 0 saturated carbocycles. The van der Waals surface area contributed by atoms with Crippen molar-refractivity contribution in [3.8, 4) is 0 Å². The van der Waals surface area contributed by atoms with Gasteiger partial charge in [0.15, 0.2) is 8.32 Å². The Labute approximate surface area is 124 Å². The van der Waals surface area contributed by atoms with Gasteiger partial charge in [0.1, 0.15) is 11.3 Å². The Morgan fingerprint density at radius 2 is 2.00 bits per heavy atom. The van der Waals surface area contributed by atoms with Crippen LogP contribution in [-0.2, 0) is 4.43 Å². The zero-order valence-corrected chi connectivity index (χ0v) is 14.8. The molecule has 0 aliphatic heterocycles. The van der Waals surface area contributed by atoms with Gasteiger partial charge in [-0.2, -0.15) is 0 Å². The molecule has 6 heteroatoms. The molecule has 0 unspecified atom stereocenters. The molecule has 0 aliphatic rings. The number of aromatic nitrogens is 1. The summed E-state index contributed by atoms with van der Waals surface area (Å²) in [4.78, 5) is 0. The smallest absolute Gasteiger partial charge is 0.192 e. The van der Waals surface area contributed by atoms with Gasteiger partial charge in [-0.3, -0.25) is 15.4 Å². The first-order valence-electron chi connectivity index (χ1n) is 6.19. The van der Waals surface area contributed by atoms with E-state index in [1.54, 1.807) is 12.3 Å². The normalized spacial score (nSPS) is 12.5. The Balaban J connectivity index is 2.79. The molecular weight excluding hydrogens is 322 g/mol. The lowest BCUT2D eigenvalue weighted by atomic mass is 10.2. The van der Waals surface area contributed by atoms with Gasteiger partial charge in [0.25, 0.3) is 0 Å². The minimum Gasteiger partial charge on any atom is -0.409 e. The summed E-state index contributed by atoms with van der Waals surface area (Å²) in [6, 6.07) is 3.49. The van der Waals surface area contributed by atoms with Crippen LogP contribution >= 0.6 is 15.9 Å². The highest BCUT2D eigenvalue weighted by Crippen LogP contribution is 2.36. The first-order valence-corrected chi connectivity index (χ1v) is 9.89. The molecule has 0 fully saturated rings. The molecule has 1 aromatic heterocycles. The molecule has 4 nitrogen and oxygen atoms in total. The fourth-order valence-corrected chi connectivity index (χ4v) is 2.51. The Morgan fingerprint density at radius 3 is 2.47 bits per heavy atom. The summed E-state index contributed by atoms with van der Waals surface area (Å²) in [5.74, 6) is 0.294. The molecule has 0 amide bonds. The molecule has 19 heavy (non-hydrogen) atoms. The van der Waals surface area contributed by atoms with Gasteiger partial charge in [0.2, 0.25) is 0 Å². The summed E-state index contributed by atoms with van der Waals surface area (Å²) < 4.78 is 8.36. The van der Waals surface area contributed by atoms with E-state index in [4.69, 9.17) is 15.2 Å². The van der Waals surface area contributed by atoms with Gasteiger partial charge in [0.05, 0.1) is 6.61 Å². The Hall–Kier alpha value is -0.723. The number of pyridine rings is 1. The average molecular weight is 344 g/mol. The van der Waals surface area contributed by atoms with Gasteiger partial charge < -0.3 is 4.43 Å². The van der Waals surface area contributed by atoms with Gasteiger partial charge in [-0.1, -0.05) is 36.7 Å². The zero-order chi connectivity index (χ0) is 14.8. The zero-order valence-electron chi connectivity index (χ0n) is 12.2. The number of hydrogen-bond donors (Lipinski definition) is 2. The molecule has 0 radical (unpaired) electrons. The second-order valence-corrected chi connectivity index (χ2v) is 11.8. The van der Waals surface area contributed by atoms with E-state index < -0.39 is 8.32 Å². The van der Waals surface area contributed by atoms with E-state index in [2.05, 4.69) is 49.8 Å². The molecule has 1 heterocycles. The predicted molar refractivity (Wildman–Crippen MR) is 84.3 cm³/mol. The van der Waals surface area contributed by atoms with Crippen LogP contribution in [-0.4, -0.2) is 25.3 Å². The van der Waals surface area contributed by atoms with E-state index in [0.717, 1.165) is 4.47 Å². The van der Waals surface area contributed by atoms with Gasteiger partial charge in [0, 0.05) is 10.7 Å². The van der Waals surface area contributed by atoms with Gasteiger partial charge in [-0.25, -0.2) is 0 Å². The van der Waals surface area contributed by atoms with Crippen LogP contribution in [0.15, 0.2) is 22.8 Å². The molecule has 0 atom stereocenters. The van der Waals surface area contributed by atoms with Gasteiger partial charge >= 0.3 is 0 Å². The van der Waals surface area contributed by atoms with Crippen LogP contribution in [0, 0.1) is 10.8 Å². The van der Waals surface area contributed by atoms with E-state index in [1.165, 1.54) is 4.57 Å². The summed E-state index contributed by atoms with van der Waals surface area (Å²) >= 11 is 3.31. The minimum atomic E-state index is -1.85. The van der Waals surface area contributed by atoms with Crippen LogP contribution in [0.2, 0.25) is 18.1 Å². The summed E-state index contributed by atoms with van der Waals surface area (Å²) in [6.45, 7) is 11.1. The lowest BCUT2D eigenvalue weighted by Crippen LogP contribution is -2.43. The molecule has 2 N–H and O–H groups in total. The average Bonchev–Trinajstić information content (AvgIpc) is 2.24. The fourth-order valence-electron chi connectivity index (χ4n) is 1.24. The van der Waals surface area contributed by atoms with Crippen LogP contribution in [0.5, 0.6) is 0 Å². The monoisotopic (exact) mass is 343 g/mol. The van der Waals surface area contributed by atoms with E-state index in [0.29, 0.717) is 5.84 Å². The maximum absolute atomic E-state index is 8.05. The Morgan fingerprint density at radius 1 is 1.42 bits per heavy atom. The summed E-state index contributed by atoms with van der Waals surface area (Å²) in [5.41, 5.74) is 0.276. The highest BCUT2D eigenvalue weighted by atomic mass is 79.9. The Kier molecular flexibility index (Phi) is 4.92. The molecule has 0 aromatic carbocycles. The molecule has 106 valence electrons. The third-order valence-corrected chi connectivity index (χ3v) is 8.56.